The van der Waals surface area contributed by atoms with Gasteiger partial charge in [0.05, 0.1) is 17.3 Å². The summed E-state index contributed by atoms with van der Waals surface area (Å²) in [5, 5.41) is 4.33. The first-order chi connectivity index (χ1) is 13.5. The van der Waals surface area contributed by atoms with E-state index in [1.165, 1.54) is 0 Å². The first kappa shape index (κ1) is 18.1. The van der Waals surface area contributed by atoms with Crippen molar-refractivity contribution >= 4 is 28.3 Å². The Kier molecular flexibility index (Phi) is 4.57. The number of nitrogens with zero attached hydrogens (tertiary/aromatic N) is 3. The monoisotopic (exact) mass is 375 g/mol. The van der Waals surface area contributed by atoms with Crippen molar-refractivity contribution in [2.24, 2.45) is 4.99 Å². The minimum absolute atomic E-state index is 0.120. The summed E-state index contributed by atoms with van der Waals surface area (Å²) in [6.45, 7) is 3.69. The van der Waals surface area contributed by atoms with Crippen LogP contribution in [0.4, 0.5) is 5.69 Å². The van der Waals surface area contributed by atoms with E-state index in [2.05, 4.69) is 4.99 Å². The molecule has 1 aliphatic heterocycles. The Hall–Kier alpha value is -3.25. The Labute approximate surface area is 162 Å². The minimum atomic E-state index is -0.601. The molecule has 142 valence electrons. The Bertz CT molecular complexity index is 1120. The van der Waals surface area contributed by atoms with Crippen molar-refractivity contribution in [1.82, 2.24) is 5.01 Å². The van der Waals surface area contributed by atoms with Crippen molar-refractivity contribution < 1.29 is 9.21 Å². The van der Waals surface area contributed by atoms with Gasteiger partial charge in [0.25, 0.3) is 5.91 Å². The molecule has 2 heterocycles. The van der Waals surface area contributed by atoms with Gasteiger partial charge < -0.3 is 4.42 Å². The zero-order valence-corrected chi connectivity index (χ0v) is 16.0. The van der Waals surface area contributed by atoms with Gasteiger partial charge in [-0.1, -0.05) is 36.4 Å². The molecule has 6 heteroatoms. The zero-order chi connectivity index (χ0) is 19.8. The van der Waals surface area contributed by atoms with Gasteiger partial charge in [-0.2, -0.15) is 0 Å². The number of aliphatic imine (C=N–C) groups is 1. The number of amides is 1. The standard InChI is InChI=1S/C22H21N3O3/c1-14(18-13-16-9-7-8-12-19(16)28-22(18)27)23-20-15(2)24(3)25(21(20)26)17-10-5-4-6-11-17/h4-13,15,20H,1-3H3/t15-,20+/m0/s1. The highest BCUT2D eigenvalue weighted by atomic mass is 16.4. The van der Waals surface area contributed by atoms with Gasteiger partial charge in [0, 0.05) is 18.1 Å². The van der Waals surface area contributed by atoms with Crippen LogP contribution in [0, 0.1) is 0 Å². The van der Waals surface area contributed by atoms with Gasteiger partial charge in [-0.15, -0.1) is 0 Å². The normalized spacial score (nSPS) is 20.9. The number of hydrogen-bond acceptors (Lipinski definition) is 5. The van der Waals surface area contributed by atoms with E-state index in [-0.39, 0.29) is 11.9 Å². The van der Waals surface area contributed by atoms with Crippen LogP contribution in [0.25, 0.3) is 11.0 Å². The second-order valence-electron chi connectivity index (χ2n) is 6.94. The van der Waals surface area contributed by atoms with Crippen molar-refractivity contribution in [3.8, 4) is 0 Å². The molecule has 1 aromatic heterocycles. The lowest BCUT2D eigenvalue weighted by Gasteiger charge is -2.26. The lowest BCUT2D eigenvalue weighted by atomic mass is 10.1. The summed E-state index contributed by atoms with van der Waals surface area (Å²) in [7, 11) is 1.87. The smallest absolute Gasteiger partial charge is 0.345 e. The predicted molar refractivity (Wildman–Crippen MR) is 110 cm³/mol. The fourth-order valence-electron chi connectivity index (χ4n) is 3.51. The van der Waals surface area contributed by atoms with E-state index in [0.717, 1.165) is 11.1 Å². The molecule has 1 aliphatic rings. The number of hydrazine groups is 1. The molecule has 0 spiro atoms. The fraction of sp³-hybridized carbons (Fsp3) is 0.227. The summed E-state index contributed by atoms with van der Waals surface area (Å²) in [6, 6.07) is 17.8. The van der Waals surface area contributed by atoms with Gasteiger partial charge in [-0.3, -0.25) is 9.79 Å². The van der Waals surface area contributed by atoms with E-state index >= 15 is 0 Å². The third-order valence-electron chi connectivity index (χ3n) is 5.19. The number of carbonyl (C=O) groups is 1. The SMILES string of the molecule is CC(=N[C@H]1C(=O)N(c2ccccc2)N(C)[C@H]1C)c1cc2ccccc2oc1=O. The van der Waals surface area contributed by atoms with E-state index in [1.54, 1.807) is 24.1 Å². The Balaban J connectivity index is 1.71. The third kappa shape index (κ3) is 3.01. The number of para-hydroxylation sites is 2. The number of carbonyl (C=O) groups excluding carboxylic acids is 1. The molecule has 0 unspecified atom stereocenters. The maximum atomic E-state index is 13.1. The van der Waals surface area contributed by atoms with Crippen molar-refractivity contribution in [2.45, 2.75) is 25.9 Å². The number of benzene rings is 2. The number of rotatable bonds is 3. The molecule has 1 amide bonds. The summed E-state index contributed by atoms with van der Waals surface area (Å²) in [6.07, 6.45) is 0. The topological polar surface area (TPSA) is 66.1 Å². The van der Waals surface area contributed by atoms with Crippen LogP contribution in [-0.2, 0) is 4.79 Å². The maximum absolute atomic E-state index is 13.1. The Morgan fingerprint density at radius 2 is 1.71 bits per heavy atom. The third-order valence-corrected chi connectivity index (χ3v) is 5.19. The first-order valence-corrected chi connectivity index (χ1v) is 9.17. The summed E-state index contributed by atoms with van der Waals surface area (Å²) in [5.74, 6) is -0.120. The second-order valence-corrected chi connectivity index (χ2v) is 6.94. The molecule has 3 aromatic rings. The Morgan fingerprint density at radius 3 is 2.46 bits per heavy atom. The van der Waals surface area contributed by atoms with Crippen LogP contribution in [-0.4, -0.2) is 35.8 Å². The molecule has 0 bridgehead atoms. The van der Waals surface area contributed by atoms with E-state index in [9.17, 15) is 9.59 Å². The molecule has 0 aliphatic carbocycles. The van der Waals surface area contributed by atoms with Gasteiger partial charge in [0.15, 0.2) is 0 Å². The average molecular weight is 375 g/mol. The Morgan fingerprint density at radius 1 is 1.04 bits per heavy atom. The van der Waals surface area contributed by atoms with E-state index in [1.807, 2.05) is 67.5 Å². The van der Waals surface area contributed by atoms with Crippen molar-refractivity contribution in [2.75, 3.05) is 12.1 Å². The molecule has 1 saturated heterocycles. The molecule has 2 aromatic carbocycles. The van der Waals surface area contributed by atoms with Crippen LogP contribution in [0.15, 0.2) is 74.9 Å². The minimum Gasteiger partial charge on any atom is -0.422 e. The molecule has 0 saturated carbocycles. The molecular weight excluding hydrogens is 354 g/mol. The van der Waals surface area contributed by atoms with Gasteiger partial charge >= 0.3 is 5.63 Å². The van der Waals surface area contributed by atoms with E-state index in [4.69, 9.17) is 4.42 Å². The highest BCUT2D eigenvalue weighted by molar-refractivity contribution is 6.05. The zero-order valence-electron chi connectivity index (χ0n) is 16.0. The molecule has 28 heavy (non-hydrogen) atoms. The highest BCUT2D eigenvalue weighted by Gasteiger charge is 2.43. The molecule has 0 radical (unpaired) electrons. The van der Waals surface area contributed by atoms with Crippen LogP contribution in [0.2, 0.25) is 0 Å². The average Bonchev–Trinajstić information content (AvgIpc) is 2.91. The summed E-state index contributed by atoms with van der Waals surface area (Å²) in [4.78, 5) is 30.1. The number of likely N-dealkylation sites (N-methyl/N-ethyl adjacent to an activating group) is 1. The van der Waals surface area contributed by atoms with Gasteiger partial charge in [0.2, 0.25) is 0 Å². The van der Waals surface area contributed by atoms with Crippen molar-refractivity contribution in [3.05, 3.63) is 76.6 Å². The predicted octanol–water partition coefficient (Wildman–Crippen LogP) is 3.25. The van der Waals surface area contributed by atoms with E-state index in [0.29, 0.717) is 16.9 Å². The van der Waals surface area contributed by atoms with Crippen LogP contribution in [0.1, 0.15) is 19.4 Å². The summed E-state index contributed by atoms with van der Waals surface area (Å²) in [5.41, 5.74) is 1.74. The van der Waals surface area contributed by atoms with Crippen molar-refractivity contribution in [3.63, 3.8) is 0 Å². The first-order valence-electron chi connectivity index (χ1n) is 9.17. The molecular formula is C22H21N3O3. The van der Waals surface area contributed by atoms with Crippen LogP contribution in [0.5, 0.6) is 0 Å². The highest BCUT2D eigenvalue weighted by Crippen LogP contribution is 2.27. The number of anilines is 1. The van der Waals surface area contributed by atoms with Crippen LogP contribution in [0.3, 0.4) is 0 Å². The van der Waals surface area contributed by atoms with Crippen LogP contribution < -0.4 is 10.6 Å². The summed E-state index contributed by atoms with van der Waals surface area (Å²) >= 11 is 0. The fourth-order valence-corrected chi connectivity index (χ4v) is 3.51. The maximum Gasteiger partial charge on any atom is 0.345 e. The summed E-state index contributed by atoms with van der Waals surface area (Å²) < 4.78 is 5.40. The largest absolute Gasteiger partial charge is 0.422 e. The quantitative estimate of drug-likeness (QED) is 0.521. The van der Waals surface area contributed by atoms with Gasteiger partial charge in [0.1, 0.15) is 11.6 Å². The van der Waals surface area contributed by atoms with Gasteiger partial charge in [-0.05, 0) is 38.1 Å². The molecule has 6 nitrogen and oxygen atoms in total. The number of hydrogen-bond donors (Lipinski definition) is 0. The van der Waals surface area contributed by atoms with Crippen molar-refractivity contribution in [1.29, 1.82) is 0 Å². The molecule has 2 atom stereocenters. The molecule has 1 fully saturated rings. The van der Waals surface area contributed by atoms with E-state index < -0.39 is 11.7 Å². The second kappa shape index (κ2) is 7.05. The lowest BCUT2D eigenvalue weighted by molar-refractivity contribution is -0.118. The lowest BCUT2D eigenvalue weighted by Crippen LogP contribution is -2.38. The molecule has 0 N–H and O–H groups in total. The number of fused-ring (bicyclic) bond motifs is 1. The van der Waals surface area contributed by atoms with Gasteiger partial charge in [-0.25, -0.2) is 14.8 Å². The van der Waals surface area contributed by atoms with Crippen LogP contribution >= 0.6 is 0 Å². The molecule has 4 rings (SSSR count).